The Balaban J connectivity index is 1.03. The molecule has 2 fully saturated rings. The van der Waals surface area contributed by atoms with E-state index in [1.165, 1.54) is 25.2 Å². The summed E-state index contributed by atoms with van der Waals surface area (Å²) in [6.07, 6.45) is 5.35. The van der Waals surface area contributed by atoms with Crippen LogP contribution in [0.3, 0.4) is 0 Å². The van der Waals surface area contributed by atoms with Gasteiger partial charge >= 0.3 is 12.2 Å². The minimum Gasteiger partial charge on any atom is -0.464 e. The van der Waals surface area contributed by atoms with Crippen molar-refractivity contribution in [2.75, 3.05) is 27.3 Å². The standard InChI is InChI=1S/C49H56FN9O7S/c1-8-30-14-16-39(67-30)47-59-34-15-13-27(32-23-51-43(53-32)35-11-9-17-57(35)45(60)41(25(2)3)55-48(62)64-6)19-29(34)21-37(59)40-31(50)20-28(22-38(40)66-47)33-24-52-44(54-33)36-12-10-18-58(36)46(61)42(26(4)5)56-49(63)65-7/h13-16,19-26,35-36,41-42,47H,8-12,17-18H2,1-7H3,(H,51,53)(H,52,54)(H,55,62)(H,56,63)/t35-,36-,41-,42-,47-/m0/s1. The van der Waals surface area contributed by atoms with Crippen LogP contribution in [0.2, 0.25) is 0 Å². The quantitative estimate of drug-likeness (QED) is 0.0929. The highest BCUT2D eigenvalue weighted by atomic mass is 32.1. The molecule has 3 aliphatic rings. The molecule has 4 N–H and O–H groups in total. The van der Waals surface area contributed by atoms with Crippen LogP contribution in [0.15, 0.2) is 60.9 Å². The molecule has 0 aliphatic carbocycles. The number of H-pyrrole nitrogens is 2. The molecule has 67 heavy (non-hydrogen) atoms. The molecule has 0 spiro atoms. The molecule has 0 bridgehead atoms. The van der Waals surface area contributed by atoms with Gasteiger partial charge in [-0.1, -0.05) is 40.7 Å². The Morgan fingerprint density at radius 1 is 0.806 bits per heavy atom. The number of rotatable bonds is 12. The first-order valence-electron chi connectivity index (χ1n) is 22.9. The number of ether oxygens (including phenoxy) is 3. The molecule has 5 atom stereocenters. The number of aromatic nitrogens is 5. The summed E-state index contributed by atoms with van der Waals surface area (Å²) in [7, 11) is 2.55. The monoisotopic (exact) mass is 933 g/mol. The van der Waals surface area contributed by atoms with E-state index in [4.69, 9.17) is 24.2 Å². The SMILES string of the molecule is CCc1ccc([C@@H]2Oc3cc(-c4cnc([C@@H]5CCCN5C(=O)[C@@H](NC(=O)OC)C(C)C)[nH]4)cc(F)c3-c3cc4cc(-c5cnc([C@@H]6CCCN6C(=O)[C@@H](NC(=O)OC)C(C)C)[nH]5)ccc4n32)s1. The van der Waals surface area contributed by atoms with Gasteiger partial charge in [-0.05, 0) is 86.4 Å². The number of carbonyl (C=O) groups excluding carboxylic acids is 4. The third kappa shape index (κ3) is 8.51. The Hall–Kier alpha value is -6.69. The van der Waals surface area contributed by atoms with Crippen molar-refractivity contribution in [3.8, 4) is 39.5 Å². The van der Waals surface area contributed by atoms with E-state index in [9.17, 15) is 19.2 Å². The number of nitrogens with one attached hydrogen (secondary N) is 4. The molecule has 6 aromatic rings. The molecule has 2 saturated heterocycles. The number of thiophene rings is 1. The number of nitrogens with zero attached hydrogens (tertiary/aromatic N) is 5. The Kier molecular flexibility index (Phi) is 12.6. The van der Waals surface area contributed by atoms with Crippen LogP contribution in [-0.4, -0.2) is 97.7 Å². The fourth-order valence-electron chi connectivity index (χ4n) is 9.69. The van der Waals surface area contributed by atoms with Crippen LogP contribution < -0.4 is 15.4 Å². The molecule has 0 unspecified atom stereocenters. The molecule has 0 radical (unpaired) electrons. The maximum absolute atomic E-state index is 16.9. The maximum atomic E-state index is 16.9. The lowest BCUT2D eigenvalue weighted by molar-refractivity contribution is -0.136. The summed E-state index contributed by atoms with van der Waals surface area (Å²) < 4.78 is 35.3. The summed E-state index contributed by atoms with van der Waals surface area (Å²) >= 11 is 1.66. The number of hydrogen-bond donors (Lipinski definition) is 4. The first kappa shape index (κ1) is 45.5. The number of imidazole rings is 2. The van der Waals surface area contributed by atoms with Crippen molar-refractivity contribution in [3.63, 3.8) is 0 Å². The largest absolute Gasteiger partial charge is 0.464 e. The second-order valence-corrected chi connectivity index (χ2v) is 19.3. The van der Waals surface area contributed by atoms with Gasteiger partial charge in [0.05, 0.1) is 71.7 Å². The zero-order valence-corrected chi connectivity index (χ0v) is 39.5. The number of alkyl carbamates (subject to hydrolysis) is 2. The van der Waals surface area contributed by atoms with Crippen molar-refractivity contribution in [3.05, 3.63) is 88.1 Å². The minimum absolute atomic E-state index is 0.151. The molecule has 0 saturated carbocycles. The molecule has 7 heterocycles. The fourth-order valence-corrected chi connectivity index (χ4v) is 10.7. The summed E-state index contributed by atoms with van der Waals surface area (Å²) in [5.74, 6) is 0.440. The van der Waals surface area contributed by atoms with Gasteiger partial charge in [-0.25, -0.2) is 23.9 Å². The predicted molar refractivity (Wildman–Crippen MR) is 251 cm³/mol. The summed E-state index contributed by atoms with van der Waals surface area (Å²) in [5, 5.41) is 6.27. The van der Waals surface area contributed by atoms with Crippen LogP contribution >= 0.6 is 11.3 Å². The minimum atomic E-state index is -0.769. The Morgan fingerprint density at radius 2 is 1.39 bits per heavy atom. The third-order valence-corrected chi connectivity index (χ3v) is 14.5. The molecule has 2 aromatic carbocycles. The number of methoxy groups -OCH3 is 2. The Morgan fingerprint density at radius 3 is 1.93 bits per heavy atom. The van der Waals surface area contributed by atoms with Crippen molar-refractivity contribution >= 4 is 46.2 Å². The van der Waals surface area contributed by atoms with E-state index < -0.39 is 36.3 Å². The second-order valence-electron chi connectivity index (χ2n) is 18.1. The second kappa shape index (κ2) is 18.5. The lowest BCUT2D eigenvalue weighted by atomic mass is 10.0. The zero-order chi connectivity index (χ0) is 47.3. The van der Waals surface area contributed by atoms with E-state index in [1.807, 2.05) is 52.0 Å². The van der Waals surface area contributed by atoms with Gasteiger partial charge in [0.15, 0.2) is 0 Å². The summed E-state index contributed by atoms with van der Waals surface area (Å²) in [6.45, 7) is 10.7. The number of halogens is 1. The highest BCUT2D eigenvalue weighted by molar-refractivity contribution is 7.12. The topological polar surface area (TPSA) is 189 Å². The van der Waals surface area contributed by atoms with Gasteiger partial charge in [0.1, 0.15) is 35.3 Å². The number of hydrogen-bond acceptors (Lipinski definition) is 10. The van der Waals surface area contributed by atoms with E-state index in [1.54, 1.807) is 33.5 Å². The van der Waals surface area contributed by atoms with E-state index in [2.05, 4.69) is 50.3 Å². The fraction of sp³-hybridized carbons (Fsp3) is 0.429. The van der Waals surface area contributed by atoms with E-state index in [0.29, 0.717) is 59.4 Å². The molecule has 18 heteroatoms. The van der Waals surface area contributed by atoms with Gasteiger partial charge in [-0.15, -0.1) is 11.3 Å². The first-order chi connectivity index (χ1) is 32.3. The van der Waals surface area contributed by atoms with Crippen LogP contribution in [0, 0.1) is 17.7 Å². The van der Waals surface area contributed by atoms with E-state index in [0.717, 1.165) is 52.7 Å². The molecular formula is C49H56FN9O7S. The van der Waals surface area contributed by atoms with E-state index in [-0.39, 0.29) is 35.7 Å². The van der Waals surface area contributed by atoms with Gasteiger partial charge in [0, 0.05) is 34.5 Å². The summed E-state index contributed by atoms with van der Waals surface area (Å²) in [4.78, 5) is 73.8. The number of benzene rings is 2. The number of carbonyl (C=O) groups is 4. The molecule has 16 nitrogen and oxygen atoms in total. The average Bonchev–Trinajstić information content (AvgIpc) is 4.18. The van der Waals surface area contributed by atoms with Crippen LogP contribution in [-0.2, 0) is 25.5 Å². The smallest absolute Gasteiger partial charge is 0.407 e. The Bertz CT molecular complexity index is 2850. The first-order valence-corrected chi connectivity index (χ1v) is 23.7. The number of aryl methyl sites for hydroxylation is 1. The lowest BCUT2D eigenvalue weighted by Crippen LogP contribution is -2.51. The highest BCUT2D eigenvalue weighted by Crippen LogP contribution is 2.48. The zero-order valence-electron chi connectivity index (χ0n) is 38.6. The van der Waals surface area contributed by atoms with Crippen molar-refractivity contribution in [2.24, 2.45) is 11.8 Å². The lowest BCUT2D eigenvalue weighted by Gasteiger charge is -2.30. The third-order valence-electron chi connectivity index (χ3n) is 13.2. The number of amides is 4. The molecule has 4 aromatic heterocycles. The molecule has 3 aliphatic heterocycles. The van der Waals surface area contributed by atoms with Gasteiger partial charge in [0.2, 0.25) is 18.0 Å². The van der Waals surface area contributed by atoms with Crippen LogP contribution in [0.25, 0.3) is 44.7 Å². The molecule has 4 amide bonds. The Labute approximate surface area is 391 Å². The molecule has 352 valence electrons. The number of likely N-dealkylation sites (tertiary alicyclic amines) is 2. The van der Waals surface area contributed by atoms with Crippen molar-refractivity contribution in [1.29, 1.82) is 0 Å². The van der Waals surface area contributed by atoms with Crippen LogP contribution in [0.4, 0.5) is 14.0 Å². The number of aromatic amines is 2. The summed E-state index contributed by atoms with van der Waals surface area (Å²) in [6, 6.07) is 13.4. The van der Waals surface area contributed by atoms with E-state index >= 15 is 4.39 Å². The van der Waals surface area contributed by atoms with Gasteiger partial charge < -0.3 is 44.6 Å². The number of fused-ring (bicyclic) bond motifs is 5. The van der Waals surface area contributed by atoms with Crippen LogP contribution in [0.1, 0.15) is 100 Å². The maximum Gasteiger partial charge on any atom is 0.407 e. The summed E-state index contributed by atoms with van der Waals surface area (Å²) in [5.41, 5.74) is 4.63. The van der Waals surface area contributed by atoms with Crippen molar-refractivity contribution in [1.82, 2.24) is 44.9 Å². The molecular weight excluding hydrogens is 878 g/mol. The van der Waals surface area contributed by atoms with Gasteiger partial charge in [0.25, 0.3) is 0 Å². The van der Waals surface area contributed by atoms with Crippen molar-refractivity contribution in [2.45, 2.75) is 97.1 Å². The normalized spacial score (nSPS) is 18.7. The average molecular weight is 934 g/mol. The van der Waals surface area contributed by atoms with Gasteiger partial charge in [-0.3, -0.25) is 14.2 Å². The van der Waals surface area contributed by atoms with Crippen molar-refractivity contribution < 1.29 is 37.8 Å². The van der Waals surface area contributed by atoms with Gasteiger partial charge in [-0.2, -0.15) is 0 Å². The highest BCUT2D eigenvalue weighted by Gasteiger charge is 2.40. The molecule has 9 rings (SSSR count). The predicted octanol–water partition coefficient (Wildman–Crippen LogP) is 8.88. The van der Waals surface area contributed by atoms with Crippen LogP contribution in [0.5, 0.6) is 5.75 Å².